The highest BCUT2D eigenvalue weighted by atomic mass is 16.5. The summed E-state index contributed by atoms with van der Waals surface area (Å²) in [6.07, 6.45) is 0.892. The summed E-state index contributed by atoms with van der Waals surface area (Å²) < 4.78 is 9.99. The summed E-state index contributed by atoms with van der Waals surface area (Å²) in [7, 11) is 3.00. The van der Waals surface area contributed by atoms with Crippen LogP contribution in [-0.2, 0) is 0 Å². The van der Waals surface area contributed by atoms with Gasteiger partial charge >= 0.3 is 12.0 Å². The third-order valence-electron chi connectivity index (χ3n) is 3.61. The van der Waals surface area contributed by atoms with Crippen LogP contribution >= 0.6 is 0 Å². The Morgan fingerprint density at radius 2 is 1.72 bits per heavy atom. The van der Waals surface area contributed by atoms with Gasteiger partial charge in [0.1, 0.15) is 0 Å². The van der Waals surface area contributed by atoms with E-state index in [0.717, 1.165) is 6.42 Å². The molecular formula is C11H19N5O2. The maximum Gasteiger partial charge on any atom is 0.324 e. The van der Waals surface area contributed by atoms with Crippen LogP contribution in [0.2, 0.25) is 0 Å². The van der Waals surface area contributed by atoms with E-state index in [1.54, 1.807) is 0 Å². The van der Waals surface area contributed by atoms with Gasteiger partial charge in [-0.15, -0.1) is 4.98 Å². The van der Waals surface area contributed by atoms with Crippen LogP contribution in [0.25, 0.3) is 0 Å². The fraction of sp³-hybridized carbons (Fsp3) is 0.727. The van der Waals surface area contributed by atoms with Gasteiger partial charge in [-0.3, -0.25) is 0 Å². The lowest BCUT2D eigenvalue weighted by Crippen LogP contribution is -2.61. The van der Waals surface area contributed by atoms with Gasteiger partial charge in [0.25, 0.3) is 0 Å². The van der Waals surface area contributed by atoms with Crippen molar-refractivity contribution in [3.8, 4) is 12.0 Å². The predicted molar refractivity (Wildman–Crippen MR) is 66.7 cm³/mol. The lowest BCUT2D eigenvalue weighted by molar-refractivity contribution is 0.116. The van der Waals surface area contributed by atoms with E-state index in [1.165, 1.54) is 14.2 Å². The Morgan fingerprint density at radius 3 is 2.11 bits per heavy atom. The van der Waals surface area contributed by atoms with E-state index in [9.17, 15) is 0 Å². The zero-order valence-electron chi connectivity index (χ0n) is 11.1. The molecule has 1 heterocycles. The van der Waals surface area contributed by atoms with Gasteiger partial charge < -0.3 is 20.5 Å². The smallest absolute Gasteiger partial charge is 0.324 e. The van der Waals surface area contributed by atoms with Gasteiger partial charge in [-0.05, 0) is 6.42 Å². The van der Waals surface area contributed by atoms with E-state index in [0.29, 0.717) is 5.95 Å². The first-order chi connectivity index (χ1) is 8.47. The van der Waals surface area contributed by atoms with Crippen LogP contribution in [0.3, 0.4) is 0 Å². The summed E-state index contributed by atoms with van der Waals surface area (Å²) in [5.41, 5.74) is 5.99. The van der Waals surface area contributed by atoms with Gasteiger partial charge in [-0.2, -0.15) is 9.97 Å². The molecule has 0 bridgehead atoms. The van der Waals surface area contributed by atoms with Crippen LogP contribution in [0, 0.1) is 5.41 Å². The number of anilines is 1. The number of methoxy groups -OCH3 is 2. The second-order valence-electron chi connectivity index (χ2n) is 4.99. The highest BCUT2D eigenvalue weighted by Gasteiger charge is 2.46. The fourth-order valence-corrected chi connectivity index (χ4v) is 1.95. The second-order valence-corrected chi connectivity index (χ2v) is 4.99. The molecule has 100 valence electrons. The number of hydrogen-bond acceptors (Lipinski definition) is 7. The zero-order valence-corrected chi connectivity index (χ0v) is 11.1. The van der Waals surface area contributed by atoms with Crippen molar-refractivity contribution in [2.24, 2.45) is 11.1 Å². The van der Waals surface area contributed by atoms with Crippen LogP contribution in [0.15, 0.2) is 0 Å². The van der Waals surface area contributed by atoms with E-state index in [2.05, 4.69) is 34.1 Å². The molecular weight excluding hydrogens is 234 g/mol. The first-order valence-electron chi connectivity index (χ1n) is 5.83. The number of nitrogens with two attached hydrogens (primary N) is 1. The minimum atomic E-state index is 0.0209. The standard InChI is InChI=1S/C11H19N5O2/c1-11(2)6(12)5-7(11)13-8-14-9(17-3)16-10(15-8)18-4/h6-7H,5,12H2,1-4H3,(H,13,14,15,16). The summed E-state index contributed by atoms with van der Waals surface area (Å²) in [6.45, 7) is 4.24. The number of aromatic nitrogens is 3. The van der Waals surface area contributed by atoms with Gasteiger partial charge in [-0.1, -0.05) is 13.8 Å². The molecule has 2 unspecified atom stereocenters. The third kappa shape index (κ3) is 2.17. The summed E-state index contributed by atoms with van der Waals surface area (Å²) in [4.78, 5) is 12.2. The maximum atomic E-state index is 5.97. The first kappa shape index (κ1) is 12.8. The van der Waals surface area contributed by atoms with Crippen molar-refractivity contribution in [2.75, 3.05) is 19.5 Å². The summed E-state index contributed by atoms with van der Waals surface area (Å²) in [5.74, 6) is 0.448. The molecule has 1 saturated carbocycles. The molecule has 2 atom stereocenters. The molecule has 1 fully saturated rings. The highest BCUT2D eigenvalue weighted by Crippen LogP contribution is 2.40. The number of nitrogens with one attached hydrogen (secondary N) is 1. The van der Waals surface area contributed by atoms with Crippen molar-refractivity contribution >= 4 is 5.95 Å². The van der Waals surface area contributed by atoms with Crippen LogP contribution in [0.4, 0.5) is 5.95 Å². The monoisotopic (exact) mass is 253 g/mol. The first-order valence-corrected chi connectivity index (χ1v) is 5.83. The summed E-state index contributed by atoms with van der Waals surface area (Å²) >= 11 is 0. The molecule has 3 N–H and O–H groups in total. The molecule has 1 aromatic heterocycles. The molecule has 0 radical (unpaired) electrons. The van der Waals surface area contributed by atoms with Gasteiger partial charge in [0.2, 0.25) is 5.95 Å². The molecule has 7 nitrogen and oxygen atoms in total. The molecule has 0 spiro atoms. The van der Waals surface area contributed by atoms with Crippen LogP contribution in [-0.4, -0.2) is 41.3 Å². The minimum absolute atomic E-state index is 0.0209. The van der Waals surface area contributed by atoms with Gasteiger partial charge in [0.05, 0.1) is 14.2 Å². The van der Waals surface area contributed by atoms with Crippen molar-refractivity contribution in [3.63, 3.8) is 0 Å². The summed E-state index contributed by atoms with van der Waals surface area (Å²) in [6, 6.07) is 0.890. The maximum absolute atomic E-state index is 5.97. The fourth-order valence-electron chi connectivity index (χ4n) is 1.95. The van der Waals surface area contributed by atoms with Crippen molar-refractivity contribution < 1.29 is 9.47 Å². The molecule has 1 aliphatic rings. The Balaban J connectivity index is 2.14. The largest absolute Gasteiger partial charge is 0.467 e. The van der Waals surface area contributed by atoms with Gasteiger partial charge in [0, 0.05) is 17.5 Å². The SMILES string of the molecule is COc1nc(NC2CC(N)C2(C)C)nc(OC)n1. The lowest BCUT2D eigenvalue weighted by atomic mass is 9.63. The van der Waals surface area contributed by atoms with E-state index in [4.69, 9.17) is 15.2 Å². The third-order valence-corrected chi connectivity index (χ3v) is 3.61. The number of hydrogen-bond donors (Lipinski definition) is 2. The Labute approximate surface area is 106 Å². The molecule has 18 heavy (non-hydrogen) atoms. The van der Waals surface area contributed by atoms with E-state index in [-0.39, 0.29) is 29.5 Å². The number of ether oxygens (including phenoxy) is 2. The normalized spacial score (nSPS) is 25.2. The predicted octanol–water partition coefficient (Wildman–Crippen LogP) is 0.426. The Hall–Kier alpha value is -1.63. The van der Waals surface area contributed by atoms with E-state index >= 15 is 0 Å². The Bertz CT molecular complexity index is 415. The summed E-state index contributed by atoms with van der Waals surface area (Å²) in [5, 5.41) is 3.25. The second kappa shape index (κ2) is 4.56. The Morgan fingerprint density at radius 1 is 1.17 bits per heavy atom. The molecule has 1 aliphatic carbocycles. The molecule has 0 aliphatic heterocycles. The number of nitrogens with zero attached hydrogens (tertiary/aromatic N) is 3. The van der Waals surface area contributed by atoms with Gasteiger partial charge in [-0.25, -0.2) is 0 Å². The quantitative estimate of drug-likeness (QED) is 0.803. The van der Waals surface area contributed by atoms with Crippen LogP contribution in [0.5, 0.6) is 12.0 Å². The minimum Gasteiger partial charge on any atom is -0.467 e. The van der Waals surface area contributed by atoms with Crippen LogP contribution < -0.4 is 20.5 Å². The van der Waals surface area contributed by atoms with Gasteiger partial charge in [0.15, 0.2) is 0 Å². The van der Waals surface area contributed by atoms with Crippen molar-refractivity contribution in [2.45, 2.75) is 32.4 Å². The molecule has 0 aromatic carbocycles. The zero-order chi connectivity index (χ0) is 13.3. The van der Waals surface area contributed by atoms with Crippen molar-refractivity contribution in [3.05, 3.63) is 0 Å². The van der Waals surface area contributed by atoms with E-state index < -0.39 is 0 Å². The lowest BCUT2D eigenvalue weighted by Gasteiger charge is -2.50. The molecule has 0 amide bonds. The molecule has 1 aromatic rings. The van der Waals surface area contributed by atoms with Crippen molar-refractivity contribution in [1.82, 2.24) is 15.0 Å². The van der Waals surface area contributed by atoms with Crippen molar-refractivity contribution in [1.29, 1.82) is 0 Å². The molecule has 0 saturated heterocycles. The van der Waals surface area contributed by atoms with Crippen LogP contribution in [0.1, 0.15) is 20.3 Å². The Kier molecular flexibility index (Phi) is 3.25. The van der Waals surface area contributed by atoms with E-state index in [1.807, 2.05) is 0 Å². The molecule has 7 heteroatoms. The molecule has 2 rings (SSSR count). The highest BCUT2D eigenvalue weighted by molar-refractivity contribution is 5.32. The topological polar surface area (TPSA) is 95.2 Å². The average molecular weight is 253 g/mol. The number of rotatable bonds is 4. The average Bonchev–Trinajstić information content (AvgIpc) is 2.38.